The molecule has 0 atom stereocenters. The summed E-state index contributed by atoms with van der Waals surface area (Å²) >= 11 is 0. The van der Waals surface area contributed by atoms with Gasteiger partial charge in [-0.25, -0.2) is 19.0 Å². The van der Waals surface area contributed by atoms with Gasteiger partial charge in [-0.1, -0.05) is 0 Å². The van der Waals surface area contributed by atoms with Crippen molar-refractivity contribution in [3.8, 4) is 23.0 Å². The SMILES string of the molecule is COc1ccc(-c2ccnc(-n3ncc(C(=O)NC(C)C)c3C3CC3)n2)cc1F. The number of halogens is 1. The molecule has 0 saturated heterocycles. The first-order valence-corrected chi connectivity index (χ1v) is 9.54. The van der Waals surface area contributed by atoms with Crippen LogP contribution in [-0.2, 0) is 0 Å². The topological polar surface area (TPSA) is 81.9 Å². The Hall–Kier alpha value is -3.29. The standard InChI is InChI=1S/C21H22FN5O2/c1-12(2)25-20(28)15-11-24-27(19(15)13-4-5-13)21-23-9-8-17(26-21)14-6-7-18(29-3)16(22)10-14/h6-13H,4-5H2,1-3H3,(H,25,28). The second-order valence-electron chi connectivity index (χ2n) is 7.35. The zero-order valence-corrected chi connectivity index (χ0v) is 16.5. The molecule has 1 aliphatic rings. The van der Waals surface area contributed by atoms with Gasteiger partial charge in [0, 0.05) is 23.7 Å². The maximum absolute atomic E-state index is 14.1. The second kappa shape index (κ2) is 7.62. The van der Waals surface area contributed by atoms with Gasteiger partial charge in [-0.3, -0.25) is 4.79 Å². The fraction of sp³-hybridized carbons (Fsp3) is 0.333. The van der Waals surface area contributed by atoms with E-state index in [0.717, 1.165) is 18.5 Å². The molecule has 1 fully saturated rings. The minimum absolute atomic E-state index is 0.0300. The van der Waals surface area contributed by atoms with Crippen molar-refractivity contribution in [3.05, 3.63) is 53.7 Å². The predicted molar refractivity (Wildman–Crippen MR) is 106 cm³/mol. The lowest BCUT2D eigenvalue weighted by Gasteiger charge is -2.11. The third-order valence-electron chi connectivity index (χ3n) is 4.71. The molecule has 0 aliphatic heterocycles. The summed E-state index contributed by atoms with van der Waals surface area (Å²) in [6, 6.07) is 6.40. The first kappa shape index (κ1) is 19.0. The van der Waals surface area contributed by atoms with Gasteiger partial charge in [0.15, 0.2) is 11.6 Å². The van der Waals surface area contributed by atoms with Crippen molar-refractivity contribution in [2.45, 2.75) is 38.6 Å². The summed E-state index contributed by atoms with van der Waals surface area (Å²) in [5, 5.41) is 7.31. The highest BCUT2D eigenvalue weighted by Crippen LogP contribution is 2.42. The highest BCUT2D eigenvalue weighted by atomic mass is 19.1. The molecule has 1 saturated carbocycles. The Balaban J connectivity index is 1.73. The Labute approximate surface area is 167 Å². The van der Waals surface area contributed by atoms with E-state index in [1.165, 1.54) is 13.2 Å². The Morgan fingerprint density at radius 3 is 2.76 bits per heavy atom. The molecule has 7 nitrogen and oxygen atoms in total. The largest absolute Gasteiger partial charge is 0.494 e. The summed E-state index contributed by atoms with van der Waals surface area (Å²) < 4.78 is 20.7. The molecule has 29 heavy (non-hydrogen) atoms. The van der Waals surface area contributed by atoms with Gasteiger partial charge in [0.05, 0.1) is 30.3 Å². The Kier molecular flexibility index (Phi) is 5.00. The quantitative estimate of drug-likeness (QED) is 0.691. The van der Waals surface area contributed by atoms with E-state index in [0.29, 0.717) is 22.8 Å². The molecule has 2 aromatic heterocycles. The van der Waals surface area contributed by atoms with Crippen LogP contribution < -0.4 is 10.1 Å². The first-order chi connectivity index (χ1) is 14.0. The van der Waals surface area contributed by atoms with E-state index in [1.807, 2.05) is 13.8 Å². The number of nitrogens with one attached hydrogen (secondary N) is 1. The number of hydrogen-bond donors (Lipinski definition) is 1. The summed E-state index contributed by atoms with van der Waals surface area (Å²) in [5.41, 5.74) is 2.53. The van der Waals surface area contributed by atoms with E-state index in [1.54, 1.807) is 35.3 Å². The van der Waals surface area contributed by atoms with E-state index in [2.05, 4.69) is 20.4 Å². The van der Waals surface area contributed by atoms with Crippen LogP contribution in [0.3, 0.4) is 0 Å². The van der Waals surface area contributed by atoms with Crippen molar-refractivity contribution >= 4 is 5.91 Å². The van der Waals surface area contributed by atoms with Crippen LogP contribution in [0, 0.1) is 5.82 Å². The first-order valence-electron chi connectivity index (χ1n) is 9.54. The molecule has 0 spiro atoms. The van der Waals surface area contributed by atoms with Crippen molar-refractivity contribution in [1.82, 2.24) is 25.1 Å². The van der Waals surface area contributed by atoms with E-state index in [9.17, 15) is 9.18 Å². The monoisotopic (exact) mass is 395 g/mol. The van der Waals surface area contributed by atoms with Gasteiger partial charge in [-0.05, 0) is 51.0 Å². The van der Waals surface area contributed by atoms with Crippen LogP contribution in [0.25, 0.3) is 17.2 Å². The lowest BCUT2D eigenvalue weighted by molar-refractivity contribution is 0.0942. The highest BCUT2D eigenvalue weighted by Gasteiger charge is 2.33. The fourth-order valence-electron chi connectivity index (χ4n) is 3.22. The molecule has 8 heteroatoms. The molecule has 0 unspecified atom stereocenters. The van der Waals surface area contributed by atoms with Gasteiger partial charge >= 0.3 is 0 Å². The maximum atomic E-state index is 14.1. The van der Waals surface area contributed by atoms with Gasteiger partial charge in [0.1, 0.15) is 0 Å². The smallest absolute Gasteiger partial charge is 0.254 e. The van der Waals surface area contributed by atoms with E-state index in [-0.39, 0.29) is 23.6 Å². The van der Waals surface area contributed by atoms with Crippen LogP contribution in [0.15, 0.2) is 36.7 Å². The number of methoxy groups -OCH3 is 1. The molecule has 4 rings (SSSR count). The van der Waals surface area contributed by atoms with Crippen LogP contribution in [-0.4, -0.2) is 38.8 Å². The summed E-state index contributed by atoms with van der Waals surface area (Å²) in [4.78, 5) is 21.5. The molecule has 0 bridgehead atoms. The van der Waals surface area contributed by atoms with Gasteiger partial charge in [0.25, 0.3) is 11.9 Å². The third kappa shape index (κ3) is 3.83. The fourth-order valence-corrected chi connectivity index (χ4v) is 3.22. The van der Waals surface area contributed by atoms with Gasteiger partial charge in [-0.2, -0.15) is 5.10 Å². The number of rotatable bonds is 6. The maximum Gasteiger partial charge on any atom is 0.254 e. The molecule has 3 aromatic rings. The number of amides is 1. The van der Waals surface area contributed by atoms with Gasteiger partial charge < -0.3 is 10.1 Å². The average Bonchev–Trinajstić information content (AvgIpc) is 3.45. The van der Waals surface area contributed by atoms with E-state index < -0.39 is 5.82 Å². The summed E-state index contributed by atoms with van der Waals surface area (Å²) in [7, 11) is 1.42. The van der Waals surface area contributed by atoms with Crippen LogP contribution >= 0.6 is 0 Å². The summed E-state index contributed by atoms with van der Waals surface area (Å²) in [6.07, 6.45) is 5.16. The molecule has 1 amide bonds. The molecule has 1 aliphatic carbocycles. The van der Waals surface area contributed by atoms with Crippen molar-refractivity contribution in [1.29, 1.82) is 0 Å². The highest BCUT2D eigenvalue weighted by molar-refractivity contribution is 5.95. The van der Waals surface area contributed by atoms with Crippen LogP contribution in [0.5, 0.6) is 5.75 Å². The number of aromatic nitrogens is 4. The molecule has 1 aromatic carbocycles. The number of carbonyl (C=O) groups is 1. The molecule has 1 N–H and O–H groups in total. The average molecular weight is 395 g/mol. The minimum atomic E-state index is -0.462. The lowest BCUT2D eigenvalue weighted by atomic mass is 10.1. The summed E-state index contributed by atoms with van der Waals surface area (Å²) in [5.74, 6) is 0.171. The Bertz CT molecular complexity index is 1060. The lowest BCUT2D eigenvalue weighted by Crippen LogP contribution is -2.30. The van der Waals surface area contributed by atoms with Gasteiger partial charge in [0.2, 0.25) is 0 Å². The van der Waals surface area contributed by atoms with Crippen LogP contribution in [0.1, 0.15) is 48.7 Å². The molecule has 150 valence electrons. The van der Waals surface area contributed by atoms with Gasteiger partial charge in [-0.15, -0.1) is 0 Å². The number of hydrogen-bond acceptors (Lipinski definition) is 5. The number of ether oxygens (including phenoxy) is 1. The van der Waals surface area contributed by atoms with Crippen molar-refractivity contribution in [2.75, 3.05) is 7.11 Å². The number of carbonyl (C=O) groups excluding carboxylic acids is 1. The number of nitrogens with zero attached hydrogens (tertiary/aromatic N) is 4. The Morgan fingerprint density at radius 2 is 2.10 bits per heavy atom. The zero-order chi connectivity index (χ0) is 20.5. The van der Waals surface area contributed by atoms with Crippen LogP contribution in [0.2, 0.25) is 0 Å². The molecule has 0 radical (unpaired) electrons. The van der Waals surface area contributed by atoms with Crippen molar-refractivity contribution < 1.29 is 13.9 Å². The minimum Gasteiger partial charge on any atom is -0.494 e. The second-order valence-corrected chi connectivity index (χ2v) is 7.35. The Morgan fingerprint density at radius 1 is 1.31 bits per heavy atom. The van der Waals surface area contributed by atoms with Crippen molar-refractivity contribution in [3.63, 3.8) is 0 Å². The zero-order valence-electron chi connectivity index (χ0n) is 16.5. The molecule has 2 heterocycles. The normalized spacial score (nSPS) is 13.6. The molecular formula is C21H22FN5O2. The van der Waals surface area contributed by atoms with E-state index in [4.69, 9.17) is 4.74 Å². The number of benzene rings is 1. The van der Waals surface area contributed by atoms with Crippen LogP contribution in [0.4, 0.5) is 4.39 Å². The van der Waals surface area contributed by atoms with E-state index >= 15 is 0 Å². The predicted octanol–water partition coefficient (Wildman–Crippen LogP) is 3.49. The van der Waals surface area contributed by atoms with Crippen molar-refractivity contribution in [2.24, 2.45) is 0 Å². The third-order valence-corrected chi connectivity index (χ3v) is 4.71. The molecular weight excluding hydrogens is 373 g/mol. The summed E-state index contributed by atoms with van der Waals surface area (Å²) in [6.45, 7) is 3.83.